The molecule has 2 rings (SSSR count). The standard InChI is InChI=1S/C19H21Cl2NO4S/c1-4-22(5-2)27(24,25)18-11-14(10-9-13(18)3)19(23)26-12-15-16(20)7-6-8-17(15)21/h6-11H,4-5,12H2,1-3H3. The molecule has 146 valence electrons. The van der Waals surface area contributed by atoms with Crippen LogP contribution in [0.25, 0.3) is 0 Å². The van der Waals surface area contributed by atoms with Crippen molar-refractivity contribution in [1.29, 1.82) is 0 Å². The lowest BCUT2D eigenvalue weighted by atomic mass is 10.1. The number of hydrogen-bond donors (Lipinski definition) is 0. The van der Waals surface area contributed by atoms with Gasteiger partial charge in [-0.1, -0.05) is 49.2 Å². The van der Waals surface area contributed by atoms with E-state index in [0.717, 1.165) is 0 Å². The second-order valence-electron chi connectivity index (χ2n) is 5.85. The third-order valence-corrected chi connectivity index (χ3v) is 7.06. The minimum Gasteiger partial charge on any atom is -0.457 e. The van der Waals surface area contributed by atoms with E-state index in [9.17, 15) is 13.2 Å². The Hall–Kier alpha value is -1.60. The van der Waals surface area contributed by atoms with E-state index in [4.69, 9.17) is 27.9 Å². The Kier molecular flexibility index (Phi) is 7.28. The van der Waals surface area contributed by atoms with Gasteiger partial charge in [-0.25, -0.2) is 13.2 Å². The number of sulfonamides is 1. The Labute approximate surface area is 169 Å². The molecule has 0 unspecified atom stereocenters. The summed E-state index contributed by atoms with van der Waals surface area (Å²) in [5, 5.41) is 0.785. The largest absolute Gasteiger partial charge is 0.457 e. The Morgan fingerprint density at radius 3 is 2.22 bits per heavy atom. The number of carbonyl (C=O) groups excluding carboxylic acids is 1. The molecule has 5 nitrogen and oxygen atoms in total. The van der Waals surface area contributed by atoms with Gasteiger partial charge >= 0.3 is 5.97 Å². The average Bonchev–Trinajstić information content (AvgIpc) is 2.62. The monoisotopic (exact) mass is 429 g/mol. The molecule has 0 saturated heterocycles. The zero-order valence-corrected chi connectivity index (χ0v) is 17.7. The molecular formula is C19H21Cl2NO4S. The van der Waals surface area contributed by atoms with Gasteiger partial charge in [0.2, 0.25) is 10.0 Å². The summed E-state index contributed by atoms with van der Waals surface area (Å²) in [6.45, 7) is 5.80. The molecular weight excluding hydrogens is 409 g/mol. The van der Waals surface area contributed by atoms with E-state index in [1.54, 1.807) is 45.0 Å². The topological polar surface area (TPSA) is 63.7 Å². The third kappa shape index (κ3) is 4.82. The van der Waals surface area contributed by atoms with Crippen molar-refractivity contribution in [2.45, 2.75) is 32.3 Å². The van der Waals surface area contributed by atoms with Gasteiger partial charge in [0.15, 0.2) is 0 Å². The van der Waals surface area contributed by atoms with Crippen molar-refractivity contribution in [3.63, 3.8) is 0 Å². The fourth-order valence-corrected chi connectivity index (χ4v) is 4.81. The lowest BCUT2D eigenvalue weighted by Crippen LogP contribution is -2.31. The molecule has 0 radical (unpaired) electrons. The van der Waals surface area contributed by atoms with Crippen LogP contribution in [0.4, 0.5) is 0 Å². The maximum absolute atomic E-state index is 12.8. The lowest BCUT2D eigenvalue weighted by Gasteiger charge is -2.20. The first-order valence-corrected chi connectivity index (χ1v) is 10.6. The van der Waals surface area contributed by atoms with Gasteiger partial charge in [0, 0.05) is 28.7 Å². The van der Waals surface area contributed by atoms with Gasteiger partial charge in [-0.05, 0) is 36.8 Å². The summed E-state index contributed by atoms with van der Waals surface area (Å²) in [6.07, 6.45) is 0. The number of hydrogen-bond acceptors (Lipinski definition) is 4. The minimum absolute atomic E-state index is 0.0939. The van der Waals surface area contributed by atoms with Gasteiger partial charge < -0.3 is 4.74 Å². The third-order valence-electron chi connectivity index (χ3n) is 4.16. The van der Waals surface area contributed by atoms with Crippen LogP contribution in [0.2, 0.25) is 10.0 Å². The molecule has 0 saturated carbocycles. The molecule has 0 aliphatic carbocycles. The molecule has 0 atom stereocenters. The molecule has 2 aromatic rings. The van der Waals surface area contributed by atoms with Crippen molar-refractivity contribution in [2.24, 2.45) is 0 Å². The van der Waals surface area contributed by atoms with Crippen molar-refractivity contribution in [2.75, 3.05) is 13.1 Å². The number of rotatable bonds is 7. The zero-order chi connectivity index (χ0) is 20.2. The highest BCUT2D eigenvalue weighted by Crippen LogP contribution is 2.26. The maximum atomic E-state index is 12.8. The van der Waals surface area contributed by atoms with Crippen molar-refractivity contribution < 1.29 is 17.9 Å². The van der Waals surface area contributed by atoms with Gasteiger partial charge in [-0.2, -0.15) is 4.31 Å². The minimum atomic E-state index is -3.69. The number of aryl methyl sites for hydroxylation is 1. The molecule has 0 aromatic heterocycles. The molecule has 0 spiro atoms. The summed E-state index contributed by atoms with van der Waals surface area (Å²) >= 11 is 12.1. The fraction of sp³-hybridized carbons (Fsp3) is 0.316. The molecule has 27 heavy (non-hydrogen) atoms. The van der Waals surface area contributed by atoms with Gasteiger partial charge in [-0.15, -0.1) is 0 Å². The van der Waals surface area contributed by atoms with Gasteiger partial charge in [-0.3, -0.25) is 0 Å². The summed E-state index contributed by atoms with van der Waals surface area (Å²) in [4.78, 5) is 12.5. The summed E-state index contributed by atoms with van der Waals surface area (Å²) in [7, 11) is -3.69. The summed E-state index contributed by atoms with van der Waals surface area (Å²) in [6, 6.07) is 9.47. The van der Waals surface area contributed by atoms with E-state index in [2.05, 4.69) is 0 Å². The van der Waals surface area contributed by atoms with Crippen LogP contribution in [0.5, 0.6) is 0 Å². The van der Waals surface area contributed by atoms with E-state index >= 15 is 0 Å². The van der Waals surface area contributed by atoms with Crippen LogP contribution in [-0.2, 0) is 21.4 Å². The fourth-order valence-electron chi connectivity index (χ4n) is 2.60. The SMILES string of the molecule is CCN(CC)S(=O)(=O)c1cc(C(=O)OCc2c(Cl)cccc2Cl)ccc1C. The summed E-state index contributed by atoms with van der Waals surface area (Å²) in [5.41, 5.74) is 1.21. The Balaban J connectivity index is 2.28. The van der Waals surface area contributed by atoms with Crippen LogP contribution < -0.4 is 0 Å². The number of esters is 1. The van der Waals surface area contributed by atoms with E-state index in [0.29, 0.717) is 34.3 Å². The van der Waals surface area contributed by atoms with Crippen molar-refractivity contribution in [3.8, 4) is 0 Å². The van der Waals surface area contributed by atoms with Gasteiger partial charge in [0.05, 0.1) is 10.5 Å². The zero-order valence-electron chi connectivity index (χ0n) is 15.3. The van der Waals surface area contributed by atoms with Crippen LogP contribution in [0, 0.1) is 6.92 Å². The number of nitrogens with zero attached hydrogens (tertiary/aromatic N) is 1. The first-order valence-electron chi connectivity index (χ1n) is 8.43. The predicted octanol–water partition coefficient (Wildman–Crippen LogP) is 4.69. The van der Waals surface area contributed by atoms with Crippen molar-refractivity contribution in [3.05, 3.63) is 63.1 Å². The molecule has 8 heteroatoms. The first kappa shape index (κ1) is 21.7. The highest BCUT2D eigenvalue weighted by molar-refractivity contribution is 7.89. The highest BCUT2D eigenvalue weighted by Gasteiger charge is 2.25. The molecule has 0 heterocycles. The molecule has 0 bridgehead atoms. The average molecular weight is 430 g/mol. The van der Waals surface area contributed by atoms with Crippen molar-refractivity contribution >= 4 is 39.2 Å². The van der Waals surface area contributed by atoms with Gasteiger partial charge in [0.25, 0.3) is 0 Å². The number of halogens is 2. The Morgan fingerprint density at radius 1 is 1.07 bits per heavy atom. The molecule has 0 amide bonds. The molecule has 2 aromatic carbocycles. The Bertz CT molecular complexity index is 920. The van der Waals surface area contributed by atoms with Crippen LogP contribution in [0.3, 0.4) is 0 Å². The van der Waals surface area contributed by atoms with Crippen LogP contribution in [-0.4, -0.2) is 31.8 Å². The highest BCUT2D eigenvalue weighted by atomic mass is 35.5. The number of carbonyl (C=O) groups is 1. The quantitative estimate of drug-likeness (QED) is 0.598. The molecule has 0 N–H and O–H groups in total. The number of benzene rings is 2. The normalized spacial score (nSPS) is 11.6. The van der Waals surface area contributed by atoms with Crippen molar-refractivity contribution in [1.82, 2.24) is 4.31 Å². The predicted molar refractivity (Wildman–Crippen MR) is 107 cm³/mol. The maximum Gasteiger partial charge on any atom is 0.338 e. The summed E-state index contributed by atoms with van der Waals surface area (Å²) < 4.78 is 32.2. The van der Waals surface area contributed by atoms with Gasteiger partial charge in [0.1, 0.15) is 6.61 Å². The first-order chi connectivity index (χ1) is 12.7. The Morgan fingerprint density at radius 2 is 1.67 bits per heavy atom. The smallest absolute Gasteiger partial charge is 0.338 e. The van der Waals surface area contributed by atoms with Crippen LogP contribution in [0.1, 0.15) is 35.3 Å². The molecule has 0 aliphatic heterocycles. The lowest BCUT2D eigenvalue weighted by molar-refractivity contribution is 0.0472. The summed E-state index contributed by atoms with van der Waals surface area (Å²) in [5.74, 6) is -0.651. The van der Waals surface area contributed by atoms with Crippen LogP contribution in [0.15, 0.2) is 41.3 Å². The second kappa shape index (κ2) is 9.06. The number of ether oxygens (including phenoxy) is 1. The van der Waals surface area contributed by atoms with E-state index < -0.39 is 16.0 Å². The van der Waals surface area contributed by atoms with E-state index in [-0.39, 0.29) is 17.1 Å². The molecule has 0 fully saturated rings. The van der Waals surface area contributed by atoms with Crippen LogP contribution >= 0.6 is 23.2 Å². The van der Waals surface area contributed by atoms with E-state index in [1.165, 1.54) is 16.4 Å². The second-order valence-corrected chi connectivity index (χ2v) is 8.57. The molecule has 0 aliphatic rings. The van der Waals surface area contributed by atoms with E-state index in [1.807, 2.05) is 0 Å².